The highest BCUT2D eigenvalue weighted by Crippen LogP contribution is 2.50. The lowest BCUT2D eigenvalue weighted by atomic mass is 9.63. The maximum Gasteiger partial charge on any atom is 0.416 e. The minimum absolute atomic E-state index is 0.0318. The van der Waals surface area contributed by atoms with E-state index in [4.69, 9.17) is 9.47 Å². The summed E-state index contributed by atoms with van der Waals surface area (Å²) in [4.78, 5) is 13.9. The Morgan fingerprint density at radius 2 is 1.70 bits per heavy atom. The predicted octanol–water partition coefficient (Wildman–Crippen LogP) is 8.69. The van der Waals surface area contributed by atoms with E-state index in [-0.39, 0.29) is 46.5 Å². The van der Waals surface area contributed by atoms with Gasteiger partial charge >= 0.3 is 12.8 Å². The van der Waals surface area contributed by atoms with E-state index in [1.807, 2.05) is 31.2 Å². The third-order valence-corrected chi connectivity index (χ3v) is 11.4. The molecule has 282 valence electrons. The van der Waals surface area contributed by atoms with Gasteiger partial charge in [0, 0.05) is 25.6 Å². The fourth-order valence-electron chi connectivity index (χ4n) is 7.13. The van der Waals surface area contributed by atoms with Crippen LogP contribution in [0, 0.1) is 11.2 Å². The fourth-order valence-corrected chi connectivity index (χ4v) is 8.67. The average molecular weight is 763 g/mol. The van der Waals surface area contributed by atoms with Crippen LogP contribution in [0.1, 0.15) is 44.2 Å². The molecule has 1 fully saturated rings. The third-order valence-electron chi connectivity index (χ3n) is 9.60. The summed E-state index contributed by atoms with van der Waals surface area (Å²) in [5.74, 6) is -0.658. The first-order valence-electron chi connectivity index (χ1n) is 16.6. The summed E-state index contributed by atoms with van der Waals surface area (Å²) < 4.78 is 127. The molecule has 1 aliphatic heterocycles. The first-order chi connectivity index (χ1) is 24.9. The number of ether oxygens (including phenoxy) is 3. The van der Waals surface area contributed by atoms with Crippen molar-refractivity contribution in [1.82, 2.24) is 4.90 Å². The lowest BCUT2D eigenvalue weighted by Gasteiger charge is -2.51. The minimum Gasteiger partial charge on any atom is -0.497 e. The number of nitrogens with zero attached hydrogens (tertiary/aromatic N) is 2. The summed E-state index contributed by atoms with van der Waals surface area (Å²) in [5.41, 5.74) is -0.345. The summed E-state index contributed by atoms with van der Waals surface area (Å²) in [7, 11) is -3.08. The molecule has 0 radical (unpaired) electrons. The van der Waals surface area contributed by atoms with Crippen LogP contribution in [0.2, 0.25) is 0 Å². The number of alkyl halides is 5. The van der Waals surface area contributed by atoms with E-state index in [1.54, 1.807) is 12.0 Å². The molecule has 53 heavy (non-hydrogen) atoms. The van der Waals surface area contributed by atoms with E-state index in [0.717, 1.165) is 46.3 Å². The van der Waals surface area contributed by atoms with Crippen molar-refractivity contribution in [3.05, 3.63) is 102 Å². The van der Waals surface area contributed by atoms with Gasteiger partial charge in [-0.15, -0.1) is 0 Å². The molecule has 0 saturated heterocycles. The third kappa shape index (κ3) is 8.34. The van der Waals surface area contributed by atoms with Crippen LogP contribution in [0.15, 0.2) is 89.8 Å². The number of rotatable bonds is 11. The van der Waals surface area contributed by atoms with Gasteiger partial charge in [0.1, 0.15) is 29.2 Å². The van der Waals surface area contributed by atoms with Crippen molar-refractivity contribution in [3.63, 3.8) is 0 Å². The van der Waals surface area contributed by atoms with Crippen LogP contribution in [-0.4, -0.2) is 51.6 Å². The van der Waals surface area contributed by atoms with Crippen molar-refractivity contribution < 1.29 is 53.8 Å². The van der Waals surface area contributed by atoms with E-state index < -0.39 is 50.9 Å². The number of carbonyl (C=O) groups excluding carboxylic acids is 1. The molecule has 0 spiro atoms. The molecule has 4 aromatic carbocycles. The first-order valence-corrected chi connectivity index (χ1v) is 18.0. The number of halogens is 6. The van der Waals surface area contributed by atoms with Crippen LogP contribution in [0.25, 0.3) is 11.1 Å². The van der Waals surface area contributed by atoms with Crippen LogP contribution in [0.5, 0.6) is 17.2 Å². The Labute approximate surface area is 302 Å². The van der Waals surface area contributed by atoms with Crippen molar-refractivity contribution in [2.24, 2.45) is 5.41 Å². The molecule has 15 heteroatoms. The summed E-state index contributed by atoms with van der Waals surface area (Å²) in [6, 6.07) is 18.0. The second kappa shape index (κ2) is 14.5. The smallest absolute Gasteiger partial charge is 0.416 e. The van der Waals surface area contributed by atoms with Crippen LogP contribution >= 0.6 is 0 Å². The normalized spacial score (nSPS) is 19.9. The zero-order valence-corrected chi connectivity index (χ0v) is 29.7. The van der Waals surface area contributed by atoms with E-state index in [0.29, 0.717) is 37.6 Å². The Hall–Kier alpha value is -4.92. The van der Waals surface area contributed by atoms with Crippen LogP contribution in [0.3, 0.4) is 0 Å². The Bertz CT molecular complexity index is 2090. The zero-order valence-electron chi connectivity index (χ0n) is 28.9. The fraction of sp³-hybridized carbons (Fsp3) is 0.342. The molecule has 2 aliphatic rings. The molecule has 1 unspecified atom stereocenters. The number of fused-ring (bicyclic) bond motifs is 1. The molecule has 0 bridgehead atoms. The molecular weight excluding hydrogens is 726 g/mol. The highest BCUT2D eigenvalue weighted by molar-refractivity contribution is 7.92. The Balaban J connectivity index is 1.29. The van der Waals surface area contributed by atoms with Gasteiger partial charge in [-0.2, -0.15) is 22.0 Å². The first kappa shape index (κ1) is 37.8. The molecule has 4 aromatic rings. The highest BCUT2D eigenvalue weighted by Gasteiger charge is 2.47. The summed E-state index contributed by atoms with van der Waals surface area (Å²) in [6.07, 6.45) is -4.01. The maximum atomic E-state index is 14.5. The largest absolute Gasteiger partial charge is 0.497 e. The molecule has 8 nitrogen and oxygen atoms in total. The Morgan fingerprint density at radius 1 is 0.981 bits per heavy atom. The molecule has 1 heterocycles. The summed E-state index contributed by atoms with van der Waals surface area (Å²) in [5, 5.41) is 0. The van der Waals surface area contributed by atoms with Crippen LogP contribution in [-0.2, 0) is 27.5 Å². The topological polar surface area (TPSA) is 85.4 Å². The van der Waals surface area contributed by atoms with Crippen molar-refractivity contribution in [2.45, 2.75) is 69.5 Å². The van der Waals surface area contributed by atoms with Gasteiger partial charge in [-0.3, -0.25) is 9.10 Å². The van der Waals surface area contributed by atoms with E-state index in [1.165, 1.54) is 25.1 Å². The van der Waals surface area contributed by atoms with Crippen molar-refractivity contribution in [3.8, 4) is 28.4 Å². The van der Waals surface area contributed by atoms with Gasteiger partial charge in [0.05, 0.1) is 29.8 Å². The highest BCUT2D eigenvalue weighted by atomic mass is 32.2. The Morgan fingerprint density at radius 3 is 2.34 bits per heavy atom. The second-order valence-corrected chi connectivity index (χ2v) is 15.5. The van der Waals surface area contributed by atoms with Gasteiger partial charge in [0.15, 0.2) is 0 Å². The van der Waals surface area contributed by atoms with Gasteiger partial charge < -0.3 is 19.1 Å². The van der Waals surface area contributed by atoms with Crippen molar-refractivity contribution >= 4 is 21.6 Å². The zero-order chi connectivity index (χ0) is 38.3. The number of sulfonamides is 1. The monoisotopic (exact) mass is 762 g/mol. The average Bonchev–Trinajstić information content (AvgIpc) is 3.08. The Kier molecular flexibility index (Phi) is 10.3. The molecule has 1 aliphatic carbocycles. The van der Waals surface area contributed by atoms with Crippen LogP contribution in [0.4, 0.5) is 32.0 Å². The standard InChI is InChI=1S/C38H36F6N2O6S/c1-23(47)45(21-24-7-10-30(50-3)11-8-24)29-18-37(2,19-29)20-32-22-46(53(48,49)33-6-4-5-27(16-33)38(42,43)44)34-15-25(9-12-35(34)51-32)26-13-28(39)17-31(14-26)52-36(40)41/h4-17,29,32,36H,18-22H2,1-3H3. The van der Waals surface area contributed by atoms with Crippen LogP contribution < -0.4 is 18.5 Å². The molecule has 1 atom stereocenters. The summed E-state index contributed by atoms with van der Waals surface area (Å²) in [6.45, 7) is 0.395. The van der Waals surface area contributed by atoms with Crippen molar-refractivity contribution in [2.75, 3.05) is 18.0 Å². The summed E-state index contributed by atoms with van der Waals surface area (Å²) >= 11 is 0. The van der Waals surface area contributed by atoms with Gasteiger partial charge in [-0.05, 0) is 96.0 Å². The van der Waals surface area contributed by atoms with Gasteiger partial charge in [-0.1, -0.05) is 31.2 Å². The lowest BCUT2D eigenvalue weighted by Crippen LogP contribution is -2.54. The number of hydrogen-bond donors (Lipinski definition) is 0. The lowest BCUT2D eigenvalue weighted by molar-refractivity contribution is -0.138. The van der Waals surface area contributed by atoms with E-state index >= 15 is 0 Å². The van der Waals surface area contributed by atoms with Gasteiger partial charge in [0.2, 0.25) is 5.91 Å². The number of anilines is 1. The van der Waals surface area contributed by atoms with Crippen molar-refractivity contribution in [1.29, 1.82) is 0 Å². The molecule has 6 rings (SSSR count). The molecular formula is C38H36F6N2O6S. The molecule has 0 N–H and O–H groups in total. The number of carbonyl (C=O) groups is 1. The predicted molar refractivity (Wildman–Crippen MR) is 184 cm³/mol. The number of methoxy groups -OCH3 is 1. The maximum absolute atomic E-state index is 14.5. The van der Waals surface area contributed by atoms with Gasteiger partial charge in [0.25, 0.3) is 10.0 Å². The van der Waals surface area contributed by atoms with Gasteiger partial charge in [-0.25, -0.2) is 12.8 Å². The number of benzene rings is 4. The minimum atomic E-state index is -4.81. The number of amides is 1. The number of hydrogen-bond acceptors (Lipinski definition) is 6. The quantitative estimate of drug-likeness (QED) is 0.142. The second-order valence-electron chi connectivity index (χ2n) is 13.6. The van der Waals surface area contributed by atoms with E-state index in [2.05, 4.69) is 4.74 Å². The molecule has 0 aromatic heterocycles. The molecule has 1 amide bonds. The van der Waals surface area contributed by atoms with E-state index in [9.17, 15) is 39.6 Å². The SMILES string of the molecule is COc1ccc(CN(C(C)=O)C2CC(C)(CC3CN(S(=O)(=O)c4cccc(C(F)(F)F)c4)c4cc(-c5cc(F)cc(OC(F)F)c5)ccc4O3)C2)cc1. The molecule has 1 saturated carbocycles.